The number of aromatic amines is 1. The quantitative estimate of drug-likeness (QED) is 0.388. The van der Waals surface area contributed by atoms with Crippen molar-refractivity contribution in [2.24, 2.45) is 0 Å². The summed E-state index contributed by atoms with van der Waals surface area (Å²) in [6, 6.07) is 14.6. The number of hydrogen-bond acceptors (Lipinski definition) is 6. The van der Waals surface area contributed by atoms with Gasteiger partial charge in [-0.05, 0) is 16.8 Å². The number of thioether (sulfide) groups is 1. The first-order chi connectivity index (χ1) is 12.9. The third kappa shape index (κ3) is 4.07. The molecular weight excluding hydrogens is 344 g/mol. The zero-order valence-corrected chi connectivity index (χ0v) is 14.9. The van der Waals surface area contributed by atoms with Crippen molar-refractivity contribution in [2.75, 3.05) is 12.3 Å². The van der Waals surface area contributed by atoms with Gasteiger partial charge >= 0.3 is 0 Å². The van der Waals surface area contributed by atoms with E-state index in [1.807, 2.05) is 24.5 Å². The molecule has 0 aliphatic carbocycles. The maximum absolute atomic E-state index is 4.52. The van der Waals surface area contributed by atoms with Crippen LogP contribution in [-0.4, -0.2) is 37.4 Å². The summed E-state index contributed by atoms with van der Waals surface area (Å²) in [5.41, 5.74) is 2.10. The zero-order valence-electron chi connectivity index (χ0n) is 14.1. The molecule has 2 N–H and O–H groups in total. The van der Waals surface area contributed by atoms with Gasteiger partial charge in [-0.1, -0.05) is 48.2 Å². The van der Waals surface area contributed by atoms with E-state index < -0.39 is 0 Å². The highest BCUT2D eigenvalue weighted by Crippen LogP contribution is 2.21. The van der Waals surface area contributed by atoms with Crippen molar-refractivity contribution >= 4 is 22.5 Å². The number of hydrogen-bond donors (Lipinski definition) is 2. The SMILES string of the molecule is c1ccc2cc(-c3ncc(CNCCSc4ncn[nH]4)cn3)ccc2c1. The number of aromatic nitrogens is 5. The average molecular weight is 362 g/mol. The Morgan fingerprint density at radius 1 is 0.962 bits per heavy atom. The van der Waals surface area contributed by atoms with Crippen LogP contribution in [0.5, 0.6) is 0 Å². The standard InChI is InChI=1S/C19H18N6S/c1-2-4-16-9-17(6-5-15(16)3-1)18-21-11-14(12-22-18)10-20-7-8-26-19-23-13-24-25-19/h1-6,9,11-13,20H,7-8,10H2,(H,23,24,25). The van der Waals surface area contributed by atoms with Crippen LogP contribution in [-0.2, 0) is 6.54 Å². The second-order valence-corrected chi connectivity index (χ2v) is 6.88. The van der Waals surface area contributed by atoms with Crippen molar-refractivity contribution < 1.29 is 0 Å². The second-order valence-electron chi connectivity index (χ2n) is 5.79. The van der Waals surface area contributed by atoms with E-state index in [0.29, 0.717) is 0 Å². The molecule has 7 heteroatoms. The van der Waals surface area contributed by atoms with Crippen LogP contribution in [0.4, 0.5) is 0 Å². The van der Waals surface area contributed by atoms with Crippen LogP contribution in [0, 0.1) is 0 Å². The summed E-state index contributed by atoms with van der Waals surface area (Å²) in [7, 11) is 0. The summed E-state index contributed by atoms with van der Waals surface area (Å²) < 4.78 is 0. The molecule has 4 rings (SSSR count). The molecule has 2 heterocycles. The molecule has 2 aromatic heterocycles. The smallest absolute Gasteiger partial charge is 0.183 e. The highest BCUT2D eigenvalue weighted by atomic mass is 32.2. The largest absolute Gasteiger partial charge is 0.312 e. The van der Waals surface area contributed by atoms with Crippen molar-refractivity contribution in [3.05, 3.63) is 66.7 Å². The fraction of sp³-hybridized carbons (Fsp3) is 0.158. The lowest BCUT2D eigenvalue weighted by Crippen LogP contribution is -2.16. The van der Waals surface area contributed by atoms with Crippen molar-refractivity contribution in [3.8, 4) is 11.4 Å². The minimum Gasteiger partial charge on any atom is -0.312 e. The van der Waals surface area contributed by atoms with Crippen LogP contribution in [0.3, 0.4) is 0 Å². The Morgan fingerprint density at radius 2 is 1.81 bits per heavy atom. The number of fused-ring (bicyclic) bond motifs is 1. The molecule has 26 heavy (non-hydrogen) atoms. The van der Waals surface area contributed by atoms with Gasteiger partial charge in [-0.15, -0.1) is 0 Å². The molecule has 0 fully saturated rings. The summed E-state index contributed by atoms with van der Waals surface area (Å²) in [5.74, 6) is 1.67. The van der Waals surface area contributed by atoms with Gasteiger partial charge in [-0.3, -0.25) is 5.10 Å². The molecule has 0 saturated heterocycles. The Hall–Kier alpha value is -2.77. The van der Waals surface area contributed by atoms with Crippen molar-refractivity contribution in [2.45, 2.75) is 11.7 Å². The number of rotatable bonds is 7. The molecule has 0 bridgehead atoms. The fourth-order valence-corrected chi connectivity index (χ4v) is 3.32. The van der Waals surface area contributed by atoms with Gasteiger partial charge in [-0.2, -0.15) is 5.10 Å². The summed E-state index contributed by atoms with van der Waals surface area (Å²) >= 11 is 1.64. The van der Waals surface area contributed by atoms with Crippen LogP contribution >= 0.6 is 11.8 Å². The van der Waals surface area contributed by atoms with E-state index >= 15 is 0 Å². The average Bonchev–Trinajstić information content (AvgIpc) is 3.21. The lowest BCUT2D eigenvalue weighted by atomic mass is 10.1. The molecule has 0 radical (unpaired) electrons. The third-order valence-corrected chi connectivity index (χ3v) is 4.83. The van der Waals surface area contributed by atoms with Crippen molar-refractivity contribution in [1.29, 1.82) is 0 Å². The molecule has 0 aliphatic rings. The van der Waals surface area contributed by atoms with E-state index in [1.54, 1.807) is 11.8 Å². The molecule has 0 atom stereocenters. The van der Waals surface area contributed by atoms with E-state index in [9.17, 15) is 0 Å². The Morgan fingerprint density at radius 3 is 2.62 bits per heavy atom. The topological polar surface area (TPSA) is 79.4 Å². The Kier molecular flexibility index (Phi) is 5.18. The van der Waals surface area contributed by atoms with E-state index in [-0.39, 0.29) is 0 Å². The van der Waals surface area contributed by atoms with Gasteiger partial charge in [0.2, 0.25) is 0 Å². The Bertz CT molecular complexity index is 969. The van der Waals surface area contributed by atoms with Crippen LogP contribution in [0.2, 0.25) is 0 Å². The minimum atomic E-state index is 0.745. The summed E-state index contributed by atoms with van der Waals surface area (Å²) in [6.45, 7) is 1.62. The van der Waals surface area contributed by atoms with Gasteiger partial charge in [0.05, 0.1) is 0 Å². The molecule has 0 spiro atoms. The third-order valence-electron chi connectivity index (χ3n) is 3.95. The van der Waals surface area contributed by atoms with Crippen LogP contribution < -0.4 is 5.32 Å². The number of nitrogens with one attached hydrogen (secondary N) is 2. The minimum absolute atomic E-state index is 0.745. The zero-order chi connectivity index (χ0) is 17.6. The van der Waals surface area contributed by atoms with E-state index in [0.717, 1.165) is 41.0 Å². The number of nitrogens with zero attached hydrogens (tertiary/aromatic N) is 4. The van der Waals surface area contributed by atoms with Gasteiger partial charge in [0.1, 0.15) is 6.33 Å². The van der Waals surface area contributed by atoms with E-state index in [2.05, 4.69) is 60.8 Å². The molecule has 0 unspecified atom stereocenters. The second kappa shape index (κ2) is 8.07. The van der Waals surface area contributed by atoms with Crippen molar-refractivity contribution in [1.82, 2.24) is 30.5 Å². The van der Waals surface area contributed by atoms with Gasteiger partial charge in [0, 0.05) is 42.4 Å². The first-order valence-electron chi connectivity index (χ1n) is 8.37. The van der Waals surface area contributed by atoms with Crippen LogP contribution in [0.1, 0.15) is 5.56 Å². The maximum Gasteiger partial charge on any atom is 0.183 e. The van der Waals surface area contributed by atoms with E-state index in [1.165, 1.54) is 17.1 Å². The lowest BCUT2D eigenvalue weighted by Gasteiger charge is -2.06. The van der Waals surface area contributed by atoms with Crippen LogP contribution in [0.25, 0.3) is 22.2 Å². The first-order valence-corrected chi connectivity index (χ1v) is 9.36. The Labute approximate surface area is 155 Å². The molecule has 4 aromatic rings. The van der Waals surface area contributed by atoms with Gasteiger partial charge < -0.3 is 5.32 Å². The van der Waals surface area contributed by atoms with E-state index in [4.69, 9.17) is 0 Å². The molecule has 0 saturated carbocycles. The van der Waals surface area contributed by atoms with Crippen LogP contribution in [0.15, 0.2) is 66.3 Å². The monoisotopic (exact) mass is 362 g/mol. The summed E-state index contributed by atoms with van der Waals surface area (Å²) in [4.78, 5) is 13.1. The normalized spacial score (nSPS) is 11.1. The van der Waals surface area contributed by atoms with Gasteiger partial charge in [-0.25, -0.2) is 15.0 Å². The summed E-state index contributed by atoms with van der Waals surface area (Å²) in [5, 5.41) is 13.3. The molecule has 130 valence electrons. The predicted octanol–water partition coefficient (Wildman–Crippen LogP) is 3.30. The molecule has 0 aliphatic heterocycles. The molecular formula is C19H18N6S. The van der Waals surface area contributed by atoms with Crippen molar-refractivity contribution in [3.63, 3.8) is 0 Å². The fourth-order valence-electron chi connectivity index (χ4n) is 2.64. The highest BCUT2D eigenvalue weighted by molar-refractivity contribution is 7.99. The predicted molar refractivity (Wildman–Crippen MR) is 104 cm³/mol. The molecule has 2 aromatic carbocycles. The first kappa shape index (κ1) is 16.7. The van der Waals surface area contributed by atoms with Gasteiger partial charge in [0.15, 0.2) is 11.0 Å². The number of benzene rings is 2. The maximum atomic E-state index is 4.52. The molecule has 0 amide bonds. The highest BCUT2D eigenvalue weighted by Gasteiger charge is 2.03. The van der Waals surface area contributed by atoms with Gasteiger partial charge in [0.25, 0.3) is 0 Å². The number of H-pyrrole nitrogens is 1. The molecule has 6 nitrogen and oxygen atoms in total. The Balaban J connectivity index is 1.32. The summed E-state index contributed by atoms with van der Waals surface area (Å²) in [6.07, 6.45) is 5.28. The lowest BCUT2D eigenvalue weighted by molar-refractivity contribution is 0.726.